The molecule has 0 spiro atoms. The van der Waals surface area contributed by atoms with Crippen molar-refractivity contribution in [2.24, 2.45) is 0 Å². The van der Waals surface area contributed by atoms with E-state index in [1.165, 1.54) is 34.1 Å². The molecule has 0 aromatic heterocycles. The fourth-order valence-corrected chi connectivity index (χ4v) is 6.23. The van der Waals surface area contributed by atoms with Gasteiger partial charge in [-0.15, -0.1) is 0 Å². The number of aryl methyl sites for hydroxylation is 1. The Hall–Kier alpha value is -3.62. The van der Waals surface area contributed by atoms with Crippen molar-refractivity contribution in [1.29, 1.82) is 5.26 Å². The summed E-state index contributed by atoms with van der Waals surface area (Å²) in [5, 5.41) is 9.34. The number of piperazine rings is 1. The number of hydrogen-bond acceptors (Lipinski definition) is 6. The van der Waals surface area contributed by atoms with E-state index in [-0.39, 0.29) is 27.7 Å². The molecule has 3 fully saturated rings. The number of anilines is 1. The van der Waals surface area contributed by atoms with E-state index >= 15 is 0 Å². The van der Waals surface area contributed by atoms with Gasteiger partial charge in [0.25, 0.3) is 15.9 Å². The molecule has 3 saturated heterocycles. The average Bonchev–Trinajstić information content (AvgIpc) is 3.47. The molecule has 0 radical (unpaired) electrons. The molecule has 3 atom stereocenters. The number of carbonyl (C=O) groups is 3. The van der Waals surface area contributed by atoms with Crippen LogP contribution >= 0.6 is 11.6 Å². The summed E-state index contributed by atoms with van der Waals surface area (Å²) < 4.78 is 27.5. The number of imide groups is 1. The van der Waals surface area contributed by atoms with E-state index in [0.29, 0.717) is 12.0 Å². The number of hydrogen-bond donors (Lipinski definition) is 1. The Balaban J connectivity index is 1.39. The lowest BCUT2D eigenvalue weighted by atomic mass is 10.1. The quantitative estimate of drug-likeness (QED) is 0.627. The number of halogens is 1. The van der Waals surface area contributed by atoms with Crippen LogP contribution in [0.2, 0.25) is 5.02 Å². The Labute approximate surface area is 206 Å². The van der Waals surface area contributed by atoms with Crippen molar-refractivity contribution in [3.05, 3.63) is 58.1 Å². The van der Waals surface area contributed by atoms with E-state index in [1.807, 2.05) is 13.0 Å². The van der Waals surface area contributed by atoms with Crippen molar-refractivity contribution in [1.82, 2.24) is 14.5 Å². The zero-order chi connectivity index (χ0) is 25.2. The maximum absolute atomic E-state index is 13.4. The molecule has 3 unspecified atom stereocenters. The van der Waals surface area contributed by atoms with E-state index in [4.69, 9.17) is 11.6 Å². The number of benzene rings is 2. The lowest BCUT2D eigenvalue weighted by Crippen LogP contribution is -2.57. The summed E-state index contributed by atoms with van der Waals surface area (Å²) in [4.78, 5) is 43.3. The van der Waals surface area contributed by atoms with Crippen molar-refractivity contribution in [2.75, 3.05) is 11.4 Å². The van der Waals surface area contributed by atoms with Crippen LogP contribution in [0.5, 0.6) is 0 Å². The Bertz CT molecular complexity index is 1440. The third-order valence-corrected chi connectivity index (χ3v) is 8.62. The number of carbonyl (C=O) groups excluding carboxylic acids is 3. The minimum atomic E-state index is -4.11. The van der Waals surface area contributed by atoms with Gasteiger partial charge in [-0.3, -0.25) is 4.79 Å². The van der Waals surface area contributed by atoms with Crippen LogP contribution in [0.3, 0.4) is 0 Å². The third-order valence-electron chi connectivity index (χ3n) is 6.80. The van der Waals surface area contributed by atoms with Gasteiger partial charge in [-0.1, -0.05) is 29.3 Å². The highest BCUT2D eigenvalue weighted by atomic mass is 35.5. The first kappa shape index (κ1) is 23.1. The molecule has 0 saturated carbocycles. The van der Waals surface area contributed by atoms with Gasteiger partial charge < -0.3 is 9.80 Å². The molecule has 0 aliphatic carbocycles. The van der Waals surface area contributed by atoms with Crippen LogP contribution in [0.4, 0.5) is 15.3 Å². The maximum atomic E-state index is 13.4. The van der Waals surface area contributed by atoms with E-state index in [0.717, 1.165) is 10.5 Å². The third kappa shape index (κ3) is 3.44. The molecule has 3 aliphatic heterocycles. The van der Waals surface area contributed by atoms with Crippen LogP contribution in [0.15, 0.2) is 41.3 Å². The second-order valence-electron chi connectivity index (χ2n) is 8.82. The lowest BCUT2D eigenvalue weighted by Gasteiger charge is -2.34. The number of nitrogens with zero attached hydrogens (tertiary/aromatic N) is 4. The number of sulfonamides is 1. The first-order chi connectivity index (χ1) is 16.5. The number of fused-ring (bicyclic) bond motifs is 5. The molecule has 12 heteroatoms. The number of likely N-dealkylation sites (tertiary alicyclic amines) is 1. The summed E-state index contributed by atoms with van der Waals surface area (Å²) in [7, 11) is -4.11. The highest BCUT2D eigenvalue weighted by Crippen LogP contribution is 2.43. The zero-order valence-corrected chi connectivity index (χ0v) is 20.3. The number of amides is 5. The molecule has 1 N–H and O–H groups in total. The summed E-state index contributed by atoms with van der Waals surface area (Å²) in [6.45, 7) is 3.54. The van der Waals surface area contributed by atoms with Crippen LogP contribution in [0.25, 0.3) is 0 Å². The van der Waals surface area contributed by atoms with E-state index in [1.54, 1.807) is 19.1 Å². The summed E-state index contributed by atoms with van der Waals surface area (Å²) >= 11 is 6.24. The molecule has 3 heterocycles. The monoisotopic (exact) mass is 513 g/mol. The second-order valence-corrected chi connectivity index (χ2v) is 10.9. The van der Waals surface area contributed by atoms with Crippen LogP contribution < -0.4 is 9.62 Å². The molecular formula is C23H20ClN5O5S. The number of nitriles is 1. The molecule has 5 rings (SSSR count). The molecule has 35 heavy (non-hydrogen) atoms. The highest BCUT2D eigenvalue weighted by Gasteiger charge is 2.63. The number of rotatable bonds is 3. The van der Waals surface area contributed by atoms with Gasteiger partial charge in [0, 0.05) is 6.54 Å². The minimum Gasteiger partial charge on any atom is -0.316 e. The predicted molar refractivity (Wildman–Crippen MR) is 125 cm³/mol. The molecule has 180 valence electrons. The summed E-state index contributed by atoms with van der Waals surface area (Å²) in [6.07, 6.45) is 0.376. The zero-order valence-electron chi connectivity index (χ0n) is 18.7. The van der Waals surface area contributed by atoms with Gasteiger partial charge in [-0.25, -0.2) is 27.6 Å². The Morgan fingerprint density at radius 2 is 1.83 bits per heavy atom. The number of urea groups is 2. The average molecular weight is 514 g/mol. The van der Waals surface area contributed by atoms with Crippen LogP contribution in [-0.2, 0) is 14.8 Å². The van der Waals surface area contributed by atoms with Gasteiger partial charge in [0.05, 0.1) is 33.3 Å². The first-order valence-electron chi connectivity index (χ1n) is 10.8. The fraction of sp³-hybridized carbons (Fsp3) is 0.304. The molecule has 5 amide bonds. The summed E-state index contributed by atoms with van der Waals surface area (Å²) in [6, 6.07) is 7.60. The summed E-state index contributed by atoms with van der Waals surface area (Å²) in [5.41, 5.74) is 1.79. The SMILES string of the molecule is Cc1ccc(S(=O)(=O)NC(=O)N2CC3CC2C2C(=O)N(c4ccc(C#N)c(Cl)c4C)C(=O)N32)cc1. The van der Waals surface area contributed by atoms with Gasteiger partial charge in [0.1, 0.15) is 12.1 Å². The van der Waals surface area contributed by atoms with Crippen molar-refractivity contribution < 1.29 is 22.8 Å². The van der Waals surface area contributed by atoms with Gasteiger partial charge in [-0.05, 0) is 50.1 Å². The smallest absolute Gasteiger partial charge is 0.316 e. The highest BCUT2D eigenvalue weighted by molar-refractivity contribution is 7.90. The molecule has 2 bridgehead atoms. The molecule has 10 nitrogen and oxygen atoms in total. The topological polar surface area (TPSA) is 131 Å². The fourth-order valence-electron chi connectivity index (χ4n) is 5.07. The standard InChI is InChI=1S/C23H20ClN5O5S/c1-12-3-6-16(7-4-12)35(33,34)26-22(31)27-11-15-9-18(27)20-21(30)29(23(32)28(15)20)17-8-5-14(10-25)19(24)13(17)2/h3-8,15,18,20H,9,11H2,1-2H3,(H,26,31). The number of nitrogens with one attached hydrogen (secondary N) is 1. The molecule has 2 aromatic rings. The lowest BCUT2D eigenvalue weighted by molar-refractivity contribution is -0.120. The minimum absolute atomic E-state index is 0.0473. The van der Waals surface area contributed by atoms with Gasteiger partial charge >= 0.3 is 12.1 Å². The van der Waals surface area contributed by atoms with Crippen LogP contribution in [0, 0.1) is 25.2 Å². The van der Waals surface area contributed by atoms with Crippen LogP contribution in [0.1, 0.15) is 23.1 Å². The van der Waals surface area contributed by atoms with Crippen molar-refractivity contribution in [3.63, 3.8) is 0 Å². The van der Waals surface area contributed by atoms with Crippen molar-refractivity contribution in [2.45, 2.75) is 43.3 Å². The van der Waals surface area contributed by atoms with Crippen molar-refractivity contribution >= 4 is 45.3 Å². The first-order valence-corrected chi connectivity index (χ1v) is 12.7. The molecule has 2 aromatic carbocycles. The van der Waals surface area contributed by atoms with E-state index in [2.05, 4.69) is 4.72 Å². The van der Waals surface area contributed by atoms with Gasteiger partial charge in [0.2, 0.25) is 0 Å². The Morgan fingerprint density at radius 3 is 2.49 bits per heavy atom. The maximum Gasteiger partial charge on any atom is 0.332 e. The second kappa shape index (κ2) is 7.96. The van der Waals surface area contributed by atoms with E-state index in [9.17, 15) is 28.1 Å². The Kier molecular flexibility index (Phi) is 5.27. The molecule has 3 aliphatic rings. The summed E-state index contributed by atoms with van der Waals surface area (Å²) in [5.74, 6) is -0.523. The normalized spacial score (nSPS) is 23.0. The largest absolute Gasteiger partial charge is 0.332 e. The predicted octanol–water partition coefficient (Wildman–Crippen LogP) is 2.52. The van der Waals surface area contributed by atoms with Crippen molar-refractivity contribution in [3.8, 4) is 6.07 Å². The Morgan fingerprint density at radius 1 is 1.14 bits per heavy atom. The van der Waals surface area contributed by atoms with Crippen LogP contribution in [-0.4, -0.2) is 60.9 Å². The van der Waals surface area contributed by atoms with Gasteiger partial charge in [-0.2, -0.15) is 5.26 Å². The molecular weight excluding hydrogens is 494 g/mol. The van der Waals surface area contributed by atoms with E-state index < -0.39 is 46.1 Å². The van der Waals surface area contributed by atoms with Gasteiger partial charge in [0.15, 0.2) is 0 Å².